The van der Waals surface area contributed by atoms with E-state index in [0.29, 0.717) is 22.9 Å². The fraction of sp³-hybridized carbons (Fsp3) is 0.353. The number of halogens is 1. The summed E-state index contributed by atoms with van der Waals surface area (Å²) in [6.07, 6.45) is 1.38. The fourth-order valence-electron chi connectivity index (χ4n) is 3.08. The van der Waals surface area contributed by atoms with Crippen LogP contribution >= 0.6 is 22.9 Å². The Balaban J connectivity index is 1.64. The lowest BCUT2D eigenvalue weighted by Crippen LogP contribution is -2.43. The maximum atomic E-state index is 12.4. The molecular formula is C17H17ClN2O4S. The third-order valence-electron chi connectivity index (χ3n) is 4.25. The fourth-order valence-corrected chi connectivity index (χ4v) is 4.51. The molecule has 1 aromatic carbocycles. The van der Waals surface area contributed by atoms with E-state index >= 15 is 0 Å². The quantitative estimate of drug-likeness (QED) is 0.835. The molecule has 1 atom stereocenters. The Labute approximate surface area is 153 Å². The Hall–Kier alpha value is -2.12. The van der Waals surface area contributed by atoms with Crippen LogP contribution in [0.15, 0.2) is 24.3 Å². The number of aliphatic carboxylic acids is 1. The van der Waals surface area contributed by atoms with Crippen molar-refractivity contribution >= 4 is 50.8 Å². The first-order valence-corrected chi connectivity index (χ1v) is 9.13. The number of rotatable bonds is 5. The predicted molar refractivity (Wildman–Crippen MR) is 96.2 cm³/mol. The van der Waals surface area contributed by atoms with Gasteiger partial charge in [0.1, 0.15) is 4.88 Å². The standard InChI is InChI=1S/C17H17ClN2O4S/c18-15-11-5-1-2-6-12(11)25-16(15)17(24)19-9-13(21)20-7-3-4-10(20)8-14(22)23/h1-2,5-6,10H,3-4,7-9H2,(H,19,24)(H,22,23). The van der Waals surface area contributed by atoms with Crippen molar-refractivity contribution < 1.29 is 19.5 Å². The molecule has 0 bridgehead atoms. The Morgan fingerprint density at radius 2 is 2.08 bits per heavy atom. The molecule has 2 amide bonds. The minimum absolute atomic E-state index is 0.0676. The second-order valence-corrected chi connectivity index (χ2v) is 7.34. The van der Waals surface area contributed by atoms with Crippen LogP contribution in [0.4, 0.5) is 0 Å². The van der Waals surface area contributed by atoms with Crippen molar-refractivity contribution in [1.82, 2.24) is 10.2 Å². The second-order valence-electron chi connectivity index (χ2n) is 5.91. The number of fused-ring (bicyclic) bond motifs is 1. The average Bonchev–Trinajstić information content (AvgIpc) is 3.17. The average molecular weight is 381 g/mol. The molecule has 1 unspecified atom stereocenters. The number of hydrogen-bond donors (Lipinski definition) is 2. The molecule has 1 aliphatic heterocycles. The topological polar surface area (TPSA) is 86.7 Å². The predicted octanol–water partition coefficient (Wildman–Crippen LogP) is 2.75. The monoisotopic (exact) mass is 380 g/mol. The number of carbonyl (C=O) groups excluding carboxylic acids is 2. The van der Waals surface area contributed by atoms with E-state index in [0.717, 1.165) is 16.5 Å². The lowest BCUT2D eigenvalue weighted by Gasteiger charge is -2.23. The van der Waals surface area contributed by atoms with Crippen LogP contribution in [0.1, 0.15) is 28.9 Å². The van der Waals surface area contributed by atoms with Crippen LogP contribution in [0, 0.1) is 0 Å². The number of amides is 2. The number of thiophene rings is 1. The van der Waals surface area contributed by atoms with E-state index in [1.165, 1.54) is 11.3 Å². The third-order valence-corrected chi connectivity index (χ3v) is 5.92. The van der Waals surface area contributed by atoms with E-state index in [2.05, 4.69) is 5.32 Å². The van der Waals surface area contributed by atoms with Crippen molar-refractivity contribution in [3.63, 3.8) is 0 Å². The van der Waals surface area contributed by atoms with Gasteiger partial charge in [-0.1, -0.05) is 29.8 Å². The molecular weight excluding hydrogens is 364 g/mol. The Kier molecular flexibility index (Phi) is 5.24. The van der Waals surface area contributed by atoms with E-state index in [4.69, 9.17) is 16.7 Å². The van der Waals surface area contributed by atoms with Crippen LogP contribution in [0.3, 0.4) is 0 Å². The van der Waals surface area contributed by atoms with Gasteiger partial charge in [-0.05, 0) is 18.9 Å². The minimum Gasteiger partial charge on any atom is -0.481 e. The van der Waals surface area contributed by atoms with Gasteiger partial charge in [0.25, 0.3) is 5.91 Å². The molecule has 1 aliphatic rings. The van der Waals surface area contributed by atoms with E-state index in [1.54, 1.807) is 4.90 Å². The van der Waals surface area contributed by atoms with Crippen molar-refractivity contribution in [2.75, 3.05) is 13.1 Å². The maximum Gasteiger partial charge on any atom is 0.305 e. The van der Waals surface area contributed by atoms with Crippen LogP contribution in [0.2, 0.25) is 5.02 Å². The summed E-state index contributed by atoms with van der Waals surface area (Å²) in [6, 6.07) is 7.15. The lowest BCUT2D eigenvalue weighted by atomic mass is 10.1. The Morgan fingerprint density at radius 1 is 1.32 bits per heavy atom. The van der Waals surface area contributed by atoms with Crippen LogP contribution in [0.25, 0.3) is 10.1 Å². The molecule has 0 spiro atoms. The normalized spacial score (nSPS) is 17.0. The van der Waals surface area contributed by atoms with Crippen molar-refractivity contribution in [3.8, 4) is 0 Å². The number of benzene rings is 1. The van der Waals surface area contributed by atoms with Gasteiger partial charge in [-0.2, -0.15) is 0 Å². The van der Waals surface area contributed by atoms with Gasteiger partial charge in [0, 0.05) is 22.7 Å². The summed E-state index contributed by atoms with van der Waals surface area (Å²) in [5.74, 6) is -1.59. The smallest absolute Gasteiger partial charge is 0.305 e. The highest BCUT2D eigenvalue weighted by molar-refractivity contribution is 7.21. The molecule has 0 saturated carbocycles. The molecule has 25 heavy (non-hydrogen) atoms. The molecule has 1 aromatic heterocycles. The van der Waals surface area contributed by atoms with Crippen LogP contribution in [0.5, 0.6) is 0 Å². The molecule has 0 radical (unpaired) electrons. The van der Waals surface area contributed by atoms with Crippen molar-refractivity contribution in [3.05, 3.63) is 34.2 Å². The third kappa shape index (κ3) is 3.77. The first-order valence-electron chi connectivity index (χ1n) is 7.94. The summed E-state index contributed by atoms with van der Waals surface area (Å²) >= 11 is 7.54. The first kappa shape index (κ1) is 17.7. The van der Waals surface area contributed by atoms with Crippen LogP contribution < -0.4 is 5.32 Å². The second kappa shape index (κ2) is 7.41. The molecule has 3 rings (SSSR count). The lowest BCUT2D eigenvalue weighted by molar-refractivity contribution is -0.139. The molecule has 6 nitrogen and oxygen atoms in total. The van der Waals surface area contributed by atoms with Gasteiger partial charge in [0.2, 0.25) is 5.91 Å². The summed E-state index contributed by atoms with van der Waals surface area (Å²) in [5, 5.41) is 12.7. The summed E-state index contributed by atoms with van der Waals surface area (Å²) in [4.78, 5) is 37.5. The molecule has 2 heterocycles. The number of carboxylic acid groups (broad SMARTS) is 1. The molecule has 1 fully saturated rings. The zero-order chi connectivity index (χ0) is 18.0. The summed E-state index contributed by atoms with van der Waals surface area (Å²) in [5.41, 5.74) is 0. The largest absolute Gasteiger partial charge is 0.481 e. The number of nitrogens with zero attached hydrogens (tertiary/aromatic N) is 1. The molecule has 132 valence electrons. The maximum absolute atomic E-state index is 12.4. The minimum atomic E-state index is -0.925. The van der Waals surface area contributed by atoms with Crippen LogP contribution in [-0.2, 0) is 9.59 Å². The SMILES string of the molecule is O=C(O)CC1CCCN1C(=O)CNC(=O)c1sc2ccccc2c1Cl. The van der Waals surface area contributed by atoms with E-state index in [9.17, 15) is 14.4 Å². The molecule has 0 aliphatic carbocycles. The van der Waals surface area contributed by atoms with Gasteiger partial charge in [-0.3, -0.25) is 14.4 Å². The van der Waals surface area contributed by atoms with Gasteiger partial charge >= 0.3 is 5.97 Å². The zero-order valence-electron chi connectivity index (χ0n) is 13.3. The Bertz CT molecular complexity index is 835. The van der Waals surface area contributed by atoms with Gasteiger partial charge in [0.15, 0.2) is 0 Å². The van der Waals surface area contributed by atoms with Gasteiger partial charge in [-0.15, -0.1) is 11.3 Å². The number of carboxylic acids is 1. The van der Waals surface area contributed by atoms with Crippen molar-refractivity contribution in [1.29, 1.82) is 0 Å². The van der Waals surface area contributed by atoms with Gasteiger partial charge in [0.05, 0.1) is 18.0 Å². The summed E-state index contributed by atoms with van der Waals surface area (Å²) < 4.78 is 0.907. The summed E-state index contributed by atoms with van der Waals surface area (Å²) in [6.45, 7) is 0.357. The summed E-state index contributed by atoms with van der Waals surface area (Å²) in [7, 11) is 0. The van der Waals surface area contributed by atoms with Crippen molar-refractivity contribution in [2.24, 2.45) is 0 Å². The first-order chi connectivity index (χ1) is 12.0. The molecule has 2 aromatic rings. The van der Waals surface area contributed by atoms with Crippen molar-refractivity contribution in [2.45, 2.75) is 25.3 Å². The van der Waals surface area contributed by atoms with Gasteiger partial charge in [-0.25, -0.2) is 0 Å². The molecule has 1 saturated heterocycles. The van der Waals surface area contributed by atoms with Crippen LogP contribution in [-0.4, -0.2) is 46.9 Å². The number of likely N-dealkylation sites (tertiary alicyclic amines) is 1. The highest BCUT2D eigenvalue weighted by Gasteiger charge is 2.30. The number of hydrogen-bond acceptors (Lipinski definition) is 4. The van der Waals surface area contributed by atoms with E-state index in [1.807, 2.05) is 24.3 Å². The highest BCUT2D eigenvalue weighted by Crippen LogP contribution is 2.34. The van der Waals surface area contributed by atoms with E-state index in [-0.39, 0.29) is 24.9 Å². The molecule has 8 heteroatoms. The molecule has 2 N–H and O–H groups in total. The Morgan fingerprint density at radius 3 is 2.80 bits per heavy atom. The van der Waals surface area contributed by atoms with Gasteiger partial charge < -0.3 is 15.3 Å². The van der Waals surface area contributed by atoms with E-state index < -0.39 is 11.9 Å². The highest BCUT2D eigenvalue weighted by atomic mass is 35.5. The number of carbonyl (C=O) groups is 3. The number of nitrogens with one attached hydrogen (secondary N) is 1. The zero-order valence-corrected chi connectivity index (χ0v) is 14.9.